The zero-order valence-corrected chi connectivity index (χ0v) is 13.4. The second kappa shape index (κ2) is 6.47. The second-order valence-electron chi connectivity index (χ2n) is 4.71. The van der Waals surface area contributed by atoms with E-state index in [-0.39, 0.29) is 4.90 Å². The first-order valence-corrected chi connectivity index (χ1v) is 8.31. The third kappa shape index (κ3) is 3.75. The molecule has 21 heavy (non-hydrogen) atoms. The van der Waals surface area contributed by atoms with Gasteiger partial charge in [-0.15, -0.1) is 0 Å². The summed E-state index contributed by atoms with van der Waals surface area (Å²) in [5.74, 6) is 0. The second-order valence-corrected chi connectivity index (χ2v) is 6.77. The number of halogens is 1. The summed E-state index contributed by atoms with van der Waals surface area (Å²) < 4.78 is 27.6. The molecule has 2 rings (SSSR count). The van der Waals surface area contributed by atoms with Gasteiger partial charge in [0.15, 0.2) is 0 Å². The Hall–Kier alpha value is -1.56. The molecule has 2 aromatic carbocycles. The lowest BCUT2D eigenvalue weighted by atomic mass is 10.2. The molecule has 0 radical (unpaired) electrons. The maximum atomic E-state index is 12.5. The molecule has 0 aromatic heterocycles. The predicted octanol–water partition coefficient (Wildman–Crippen LogP) is 3.17. The number of nitrogens with one attached hydrogen (secondary N) is 2. The van der Waals surface area contributed by atoms with E-state index in [0.29, 0.717) is 22.8 Å². The summed E-state index contributed by atoms with van der Waals surface area (Å²) in [6, 6.07) is 12.0. The first kappa shape index (κ1) is 15.8. The number of hydrogen-bond acceptors (Lipinski definition) is 3. The van der Waals surface area contributed by atoms with E-state index in [1.165, 1.54) is 0 Å². The summed E-state index contributed by atoms with van der Waals surface area (Å²) in [7, 11) is -1.87. The van der Waals surface area contributed by atoms with Crippen molar-refractivity contribution in [2.24, 2.45) is 0 Å². The van der Waals surface area contributed by atoms with Crippen molar-refractivity contribution in [3.05, 3.63) is 58.6 Å². The Labute approximate surface area is 130 Å². The summed E-state index contributed by atoms with van der Waals surface area (Å²) in [5.41, 5.74) is 2.06. The van der Waals surface area contributed by atoms with Crippen LogP contribution in [0.5, 0.6) is 0 Å². The quantitative estimate of drug-likeness (QED) is 0.888. The van der Waals surface area contributed by atoms with E-state index in [1.807, 2.05) is 13.0 Å². The number of benzene rings is 2. The number of aryl methyl sites for hydroxylation is 1. The Kier molecular flexibility index (Phi) is 4.88. The number of sulfonamides is 1. The van der Waals surface area contributed by atoms with Crippen molar-refractivity contribution in [3.63, 3.8) is 0 Å². The van der Waals surface area contributed by atoms with Gasteiger partial charge in [-0.1, -0.05) is 35.9 Å². The third-order valence-electron chi connectivity index (χ3n) is 3.05. The fourth-order valence-corrected chi connectivity index (χ4v) is 3.44. The van der Waals surface area contributed by atoms with Crippen molar-refractivity contribution in [1.29, 1.82) is 0 Å². The largest absolute Gasteiger partial charge is 0.316 e. The van der Waals surface area contributed by atoms with E-state index in [4.69, 9.17) is 11.6 Å². The normalized spacial score (nSPS) is 11.4. The van der Waals surface area contributed by atoms with Crippen LogP contribution in [0.25, 0.3) is 0 Å². The summed E-state index contributed by atoms with van der Waals surface area (Å²) in [5, 5.41) is 3.49. The minimum absolute atomic E-state index is 0.260. The first-order chi connectivity index (χ1) is 9.94. The molecule has 0 atom stereocenters. The lowest BCUT2D eigenvalue weighted by molar-refractivity contribution is 0.599. The van der Waals surface area contributed by atoms with E-state index in [1.54, 1.807) is 43.4 Å². The zero-order chi connectivity index (χ0) is 15.5. The summed E-state index contributed by atoms with van der Waals surface area (Å²) >= 11 is 6.02. The molecule has 0 heterocycles. The zero-order valence-electron chi connectivity index (χ0n) is 11.9. The van der Waals surface area contributed by atoms with Crippen molar-refractivity contribution in [2.75, 3.05) is 11.8 Å². The molecule has 4 nitrogen and oxygen atoms in total. The van der Waals surface area contributed by atoms with Crippen LogP contribution < -0.4 is 10.0 Å². The molecule has 0 bridgehead atoms. The Morgan fingerprint density at radius 2 is 1.86 bits per heavy atom. The fraction of sp³-hybridized carbons (Fsp3) is 0.200. The van der Waals surface area contributed by atoms with Gasteiger partial charge in [-0.25, -0.2) is 8.42 Å². The number of rotatable bonds is 5. The van der Waals surface area contributed by atoms with E-state index in [2.05, 4.69) is 10.0 Å². The molecular weight excluding hydrogens is 308 g/mol. The van der Waals surface area contributed by atoms with Crippen LogP contribution >= 0.6 is 11.6 Å². The lowest BCUT2D eigenvalue weighted by Gasteiger charge is -2.12. The van der Waals surface area contributed by atoms with Gasteiger partial charge >= 0.3 is 0 Å². The molecule has 0 aliphatic rings. The maximum absolute atomic E-state index is 12.5. The molecule has 0 saturated heterocycles. The molecule has 0 aliphatic heterocycles. The highest BCUT2D eigenvalue weighted by Gasteiger charge is 2.18. The van der Waals surface area contributed by atoms with Gasteiger partial charge in [0.05, 0.1) is 10.6 Å². The highest BCUT2D eigenvalue weighted by atomic mass is 35.5. The average molecular weight is 325 g/mol. The smallest absolute Gasteiger partial charge is 0.262 e. The monoisotopic (exact) mass is 324 g/mol. The van der Waals surface area contributed by atoms with Gasteiger partial charge in [0.25, 0.3) is 10.0 Å². The minimum Gasteiger partial charge on any atom is -0.316 e. The van der Waals surface area contributed by atoms with Gasteiger partial charge in [0.1, 0.15) is 0 Å². The molecule has 0 unspecified atom stereocenters. The van der Waals surface area contributed by atoms with Gasteiger partial charge < -0.3 is 5.32 Å². The van der Waals surface area contributed by atoms with Crippen LogP contribution in [-0.4, -0.2) is 15.5 Å². The number of hydrogen-bond donors (Lipinski definition) is 2. The summed E-state index contributed by atoms with van der Waals surface area (Å²) in [6.07, 6.45) is 0. The standard InChI is InChI=1S/C15H17ClN2O2S/c1-11-7-8-13(9-14(11)16)18-21(19,20)15-6-4-3-5-12(15)10-17-2/h3-9,17-18H,10H2,1-2H3. The summed E-state index contributed by atoms with van der Waals surface area (Å²) in [4.78, 5) is 0.260. The lowest BCUT2D eigenvalue weighted by Crippen LogP contribution is -2.17. The topological polar surface area (TPSA) is 58.2 Å². The first-order valence-electron chi connectivity index (χ1n) is 6.45. The molecule has 0 aliphatic carbocycles. The molecule has 6 heteroatoms. The van der Waals surface area contributed by atoms with Crippen molar-refractivity contribution < 1.29 is 8.42 Å². The molecule has 0 saturated carbocycles. The van der Waals surface area contributed by atoms with Crippen molar-refractivity contribution >= 4 is 27.3 Å². The Bertz CT molecular complexity index is 745. The van der Waals surface area contributed by atoms with Gasteiger partial charge in [0, 0.05) is 11.6 Å². The van der Waals surface area contributed by atoms with E-state index in [0.717, 1.165) is 5.56 Å². The molecule has 2 aromatic rings. The van der Waals surface area contributed by atoms with E-state index in [9.17, 15) is 8.42 Å². The van der Waals surface area contributed by atoms with Crippen molar-refractivity contribution in [2.45, 2.75) is 18.4 Å². The van der Waals surface area contributed by atoms with Crippen molar-refractivity contribution in [3.8, 4) is 0 Å². The Morgan fingerprint density at radius 3 is 2.52 bits per heavy atom. The highest BCUT2D eigenvalue weighted by Crippen LogP contribution is 2.23. The van der Waals surface area contributed by atoms with Crippen LogP contribution in [0.2, 0.25) is 5.02 Å². The van der Waals surface area contributed by atoms with Gasteiger partial charge in [-0.3, -0.25) is 4.72 Å². The molecule has 0 fully saturated rings. The highest BCUT2D eigenvalue weighted by molar-refractivity contribution is 7.92. The molecule has 0 spiro atoms. The fourth-order valence-electron chi connectivity index (χ4n) is 1.97. The van der Waals surface area contributed by atoms with Gasteiger partial charge in [-0.05, 0) is 43.3 Å². The minimum atomic E-state index is -3.64. The number of anilines is 1. The molecule has 0 amide bonds. The SMILES string of the molecule is CNCc1ccccc1S(=O)(=O)Nc1ccc(C)c(Cl)c1. The average Bonchev–Trinajstić information content (AvgIpc) is 2.43. The van der Waals surface area contributed by atoms with Crippen LogP contribution in [0.3, 0.4) is 0 Å². The predicted molar refractivity (Wildman–Crippen MR) is 86.2 cm³/mol. The van der Waals surface area contributed by atoms with Crippen LogP contribution in [0.1, 0.15) is 11.1 Å². The third-order valence-corrected chi connectivity index (χ3v) is 4.94. The van der Waals surface area contributed by atoms with E-state index >= 15 is 0 Å². The van der Waals surface area contributed by atoms with Gasteiger partial charge in [-0.2, -0.15) is 0 Å². The van der Waals surface area contributed by atoms with E-state index < -0.39 is 10.0 Å². The van der Waals surface area contributed by atoms with Crippen LogP contribution in [0, 0.1) is 6.92 Å². The summed E-state index contributed by atoms with van der Waals surface area (Å²) in [6.45, 7) is 2.34. The van der Waals surface area contributed by atoms with Crippen LogP contribution in [0.4, 0.5) is 5.69 Å². The maximum Gasteiger partial charge on any atom is 0.262 e. The molecule has 112 valence electrons. The molecular formula is C15H17ClN2O2S. The Morgan fingerprint density at radius 1 is 1.14 bits per heavy atom. The van der Waals surface area contributed by atoms with Crippen molar-refractivity contribution in [1.82, 2.24) is 5.32 Å². The van der Waals surface area contributed by atoms with Crippen LogP contribution in [0.15, 0.2) is 47.4 Å². The van der Waals surface area contributed by atoms with Crippen LogP contribution in [-0.2, 0) is 16.6 Å². The Balaban J connectivity index is 2.36. The van der Waals surface area contributed by atoms with Gasteiger partial charge in [0.2, 0.25) is 0 Å². The molecule has 2 N–H and O–H groups in total.